The molecule has 12 nitrogen and oxygen atoms in total. The second-order valence-corrected chi connectivity index (χ2v) is 18.5. The minimum Gasteiger partial charge on any atom is -0.479 e. The standard InChI is InChI=1S/C65H96O12/c1-4-7-10-13-16-19-22-25-27-28-29-30-32-34-36-39-42-45-48-51-57(66)73-54-56(75-58(67)52-49-46-43-40-37-33-24-21-18-15-12-9-6-3)55-74-65-63(61(70)60(69)62(77-65)64(71)72)76-59(68)53-50-47-44-41-38-35-31-26-23-20-17-14-11-8-5-2/h7-8,10-12,15-17,19-21,24-27,29-31,34,36,38,41-42,45,47,50,56,60-63,65,69-70H,4-6,9,13-14,18,22-23,28,32-33,35,37,39-40,43-44,46,48-49,51-55H2,1-3H3,(H,71,72)/b10-7-,11-8-,15-12-,19-16-,20-17-,24-21-,27-25-,30-29-,31-26-,36-34-,41-38-,45-42-,50-47-. The van der Waals surface area contributed by atoms with Gasteiger partial charge in [0.2, 0.25) is 0 Å². The van der Waals surface area contributed by atoms with Crippen molar-refractivity contribution in [3.63, 3.8) is 0 Å². The monoisotopic (exact) mass is 1070 g/mol. The Morgan fingerprint density at radius 3 is 1.36 bits per heavy atom. The second-order valence-electron chi connectivity index (χ2n) is 18.5. The molecule has 0 aromatic rings. The summed E-state index contributed by atoms with van der Waals surface area (Å²) in [6, 6.07) is 0. The SMILES string of the molecule is CC/C=C\C/C=C\C/C=C\C/C=C\C/C=C\C/C=C\CCC(=O)OCC(COC1OC(C(=O)O)C(O)C(O)C1OC(=O)C/C=C\C/C=C\C/C=C\C/C=C\C/C=C\CC)OC(=O)CCCCCCC/C=C\C/C=C\CCC. The summed E-state index contributed by atoms with van der Waals surface area (Å²) >= 11 is 0. The number of aliphatic hydroxyl groups excluding tert-OH is 2. The lowest BCUT2D eigenvalue weighted by molar-refractivity contribution is -0.301. The van der Waals surface area contributed by atoms with Crippen LogP contribution in [0.25, 0.3) is 0 Å². The van der Waals surface area contributed by atoms with Crippen LogP contribution in [-0.4, -0.2) is 89.2 Å². The average molecular weight is 1070 g/mol. The normalized spacial score (nSPS) is 19.2. The molecule has 1 saturated heterocycles. The number of carbonyl (C=O) groups excluding carboxylic acids is 3. The summed E-state index contributed by atoms with van der Waals surface area (Å²) in [6.45, 7) is 5.54. The highest BCUT2D eigenvalue weighted by Crippen LogP contribution is 2.26. The predicted octanol–water partition coefficient (Wildman–Crippen LogP) is 14.6. The van der Waals surface area contributed by atoms with E-state index >= 15 is 0 Å². The Morgan fingerprint density at radius 1 is 0.455 bits per heavy atom. The Morgan fingerprint density at radius 2 is 0.883 bits per heavy atom. The molecule has 77 heavy (non-hydrogen) atoms. The van der Waals surface area contributed by atoms with Crippen LogP contribution in [-0.2, 0) is 42.9 Å². The van der Waals surface area contributed by atoms with E-state index in [1.54, 1.807) is 12.2 Å². The number of carbonyl (C=O) groups is 4. The van der Waals surface area contributed by atoms with Crippen LogP contribution in [0.2, 0.25) is 0 Å². The maximum absolute atomic E-state index is 13.1. The van der Waals surface area contributed by atoms with Gasteiger partial charge in [0.15, 0.2) is 24.6 Å². The summed E-state index contributed by atoms with van der Waals surface area (Å²) in [4.78, 5) is 51.0. The highest BCUT2D eigenvalue weighted by Gasteiger charge is 2.50. The van der Waals surface area contributed by atoms with E-state index in [1.165, 1.54) is 0 Å². The number of esters is 3. The molecular weight excluding hydrogens is 973 g/mol. The van der Waals surface area contributed by atoms with Crippen molar-refractivity contribution in [3.8, 4) is 0 Å². The van der Waals surface area contributed by atoms with E-state index in [0.29, 0.717) is 25.7 Å². The molecule has 3 N–H and O–H groups in total. The third-order valence-corrected chi connectivity index (χ3v) is 11.6. The molecule has 0 radical (unpaired) electrons. The van der Waals surface area contributed by atoms with Gasteiger partial charge in [-0.1, -0.05) is 204 Å². The number of rotatable bonds is 45. The van der Waals surface area contributed by atoms with Gasteiger partial charge in [0.05, 0.1) is 13.0 Å². The van der Waals surface area contributed by atoms with E-state index in [4.69, 9.17) is 23.7 Å². The van der Waals surface area contributed by atoms with Gasteiger partial charge in [-0.2, -0.15) is 0 Å². The van der Waals surface area contributed by atoms with E-state index < -0.39 is 67.3 Å². The van der Waals surface area contributed by atoms with Gasteiger partial charge in [0.25, 0.3) is 0 Å². The van der Waals surface area contributed by atoms with E-state index in [9.17, 15) is 34.5 Å². The lowest BCUT2D eigenvalue weighted by atomic mass is 9.98. The van der Waals surface area contributed by atoms with Crippen LogP contribution in [0.3, 0.4) is 0 Å². The molecule has 428 valence electrons. The van der Waals surface area contributed by atoms with Crippen LogP contribution in [0.4, 0.5) is 0 Å². The zero-order valence-corrected chi connectivity index (χ0v) is 46.9. The van der Waals surface area contributed by atoms with Gasteiger partial charge in [-0.25, -0.2) is 4.79 Å². The van der Waals surface area contributed by atoms with Crippen molar-refractivity contribution in [1.82, 2.24) is 0 Å². The Labute approximate surface area is 463 Å². The number of unbranched alkanes of at least 4 members (excludes halogenated alkanes) is 6. The summed E-state index contributed by atoms with van der Waals surface area (Å²) < 4.78 is 28.1. The number of carboxylic acids is 1. The molecule has 0 aromatic heterocycles. The molecule has 0 aromatic carbocycles. The summed E-state index contributed by atoms with van der Waals surface area (Å²) in [5, 5.41) is 31.4. The maximum atomic E-state index is 13.1. The van der Waals surface area contributed by atoms with Gasteiger partial charge in [0.1, 0.15) is 18.8 Å². The number of hydrogen-bond acceptors (Lipinski definition) is 11. The van der Waals surface area contributed by atoms with Gasteiger partial charge < -0.3 is 39.0 Å². The lowest BCUT2D eigenvalue weighted by Crippen LogP contribution is -2.61. The largest absolute Gasteiger partial charge is 0.479 e. The number of aliphatic hydroxyl groups is 2. The van der Waals surface area contributed by atoms with Crippen LogP contribution in [0.5, 0.6) is 0 Å². The summed E-state index contributed by atoms with van der Waals surface area (Å²) in [7, 11) is 0. The van der Waals surface area contributed by atoms with Crippen molar-refractivity contribution in [2.45, 2.75) is 212 Å². The third-order valence-electron chi connectivity index (χ3n) is 11.6. The van der Waals surface area contributed by atoms with Gasteiger partial charge in [-0.15, -0.1) is 0 Å². The molecule has 1 fully saturated rings. The van der Waals surface area contributed by atoms with Crippen molar-refractivity contribution < 1.29 is 58.2 Å². The zero-order chi connectivity index (χ0) is 56.1. The summed E-state index contributed by atoms with van der Waals surface area (Å²) in [6.07, 6.45) is 62.6. The molecule has 0 saturated carbocycles. The van der Waals surface area contributed by atoms with E-state index in [0.717, 1.165) is 109 Å². The molecule has 1 heterocycles. The van der Waals surface area contributed by atoms with Gasteiger partial charge in [0, 0.05) is 12.8 Å². The number of ether oxygens (including phenoxy) is 5. The van der Waals surface area contributed by atoms with E-state index in [2.05, 4.69) is 142 Å². The van der Waals surface area contributed by atoms with Crippen molar-refractivity contribution >= 4 is 23.9 Å². The second kappa shape index (κ2) is 51.1. The fraction of sp³-hybridized carbons (Fsp3) is 0.538. The van der Waals surface area contributed by atoms with E-state index in [1.807, 2.05) is 24.3 Å². The number of hydrogen-bond donors (Lipinski definition) is 3. The molecule has 6 atom stereocenters. The predicted molar refractivity (Wildman–Crippen MR) is 312 cm³/mol. The molecule has 1 aliphatic heterocycles. The lowest BCUT2D eigenvalue weighted by Gasteiger charge is -2.40. The number of aliphatic carboxylic acids is 1. The molecule has 0 aliphatic carbocycles. The topological polar surface area (TPSA) is 175 Å². The molecule has 12 heteroatoms. The highest BCUT2D eigenvalue weighted by molar-refractivity contribution is 5.74. The minimum atomic E-state index is -1.95. The van der Waals surface area contributed by atoms with Crippen LogP contribution in [0, 0.1) is 0 Å². The quantitative estimate of drug-likeness (QED) is 0.0228. The third kappa shape index (κ3) is 41.2. The molecule has 1 aliphatic rings. The molecule has 1 rings (SSSR count). The van der Waals surface area contributed by atoms with Crippen LogP contribution >= 0.6 is 0 Å². The van der Waals surface area contributed by atoms with Crippen molar-refractivity contribution in [2.75, 3.05) is 13.2 Å². The molecule has 6 unspecified atom stereocenters. The maximum Gasteiger partial charge on any atom is 0.335 e. The first-order valence-corrected chi connectivity index (χ1v) is 28.5. The van der Waals surface area contributed by atoms with Crippen LogP contribution < -0.4 is 0 Å². The zero-order valence-electron chi connectivity index (χ0n) is 46.9. The smallest absolute Gasteiger partial charge is 0.335 e. The summed E-state index contributed by atoms with van der Waals surface area (Å²) in [5.41, 5.74) is 0. The first kappa shape index (κ1) is 69.4. The Kier molecular flexibility index (Phi) is 46.0. The molecule has 0 spiro atoms. The molecular formula is C65H96O12. The van der Waals surface area contributed by atoms with Crippen LogP contribution in [0.15, 0.2) is 158 Å². The van der Waals surface area contributed by atoms with E-state index in [-0.39, 0.29) is 25.9 Å². The van der Waals surface area contributed by atoms with Crippen LogP contribution in [0.1, 0.15) is 175 Å². The number of allylic oxidation sites excluding steroid dienone is 25. The van der Waals surface area contributed by atoms with Crippen molar-refractivity contribution in [2.24, 2.45) is 0 Å². The average Bonchev–Trinajstić information content (AvgIpc) is 3.42. The van der Waals surface area contributed by atoms with Gasteiger partial charge in [-0.3, -0.25) is 14.4 Å². The van der Waals surface area contributed by atoms with Crippen molar-refractivity contribution in [3.05, 3.63) is 158 Å². The fourth-order valence-corrected chi connectivity index (χ4v) is 7.33. The highest BCUT2D eigenvalue weighted by atomic mass is 16.7. The Balaban J connectivity index is 2.81. The molecule has 0 bridgehead atoms. The fourth-order valence-electron chi connectivity index (χ4n) is 7.33. The first-order chi connectivity index (χ1) is 37.6. The van der Waals surface area contributed by atoms with Gasteiger partial charge >= 0.3 is 23.9 Å². The van der Waals surface area contributed by atoms with Gasteiger partial charge in [-0.05, 0) is 109 Å². The number of carboxylic acid groups (broad SMARTS) is 1. The summed E-state index contributed by atoms with van der Waals surface area (Å²) in [5.74, 6) is -3.45. The Hall–Kier alpha value is -5.66. The minimum absolute atomic E-state index is 0.0709. The van der Waals surface area contributed by atoms with Crippen molar-refractivity contribution in [1.29, 1.82) is 0 Å². The Bertz CT molecular complexity index is 1940. The first-order valence-electron chi connectivity index (χ1n) is 28.5. The molecule has 0 amide bonds.